The summed E-state index contributed by atoms with van der Waals surface area (Å²) < 4.78 is 13.0. The molecule has 19 heavy (non-hydrogen) atoms. The molecule has 0 heterocycles. The van der Waals surface area contributed by atoms with E-state index in [1.54, 1.807) is 0 Å². The zero-order valence-electron chi connectivity index (χ0n) is 11.5. The predicted octanol–water partition coefficient (Wildman–Crippen LogP) is 4.09. The Kier molecular flexibility index (Phi) is 4.69. The fraction of sp³-hybridized carbons (Fsp3) is 0.294. The van der Waals surface area contributed by atoms with Crippen molar-refractivity contribution in [2.24, 2.45) is 0 Å². The van der Waals surface area contributed by atoms with Crippen molar-refractivity contribution in [3.8, 4) is 0 Å². The van der Waals surface area contributed by atoms with Gasteiger partial charge in [0.05, 0.1) is 6.04 Å². The lowest BCUT2D eigenvalue weighted by molar-refractivity contribution is 0.613. The summed E-state index contributed by atoms with van der Waals surface area (Å²) in [5.41, 5.74) is 3.65. The lowest BCUT2D eigenvalue weighted by Gasteiger charge is -2.19. The number of hydrogen-bond donors (Lipinski definition) is 1. The molecule has 0 aliphatic carbocycles. The Labute approximate surface area is 114 Å². The SMILES string of the molecule is CCNC(c1ccc(F)cc1)c1cccc(CC)c1. The van der Waals surface area contributed by atoms with E-state index in [4.69, 9.17) is 0 Å². The number of aryl methyl sites for hydroxylation is 1. The lowest BCUT2D eigenvalue weighted by atomic mass is 9.96. The molecule has 2 aromatic rings. The van der Waals surface area contributed by atoms with Crippen LogP contribution in [0.1, 0.15) is 36.6 Å². The summed E-state index contributed by atoms with van der Waals surface area (Å²) in [5.74, 6) is -0.193. The summed E-state index contributed by atoms with van der Waals surface area (Å²) in [6.45, 7) is 5.11. The summed E-state index contributed by atoms with van der Waals surface area (Å²) in [5, 5.41) is 3.46. The van der Waals surface area contributed by atoms with E-state index < -0.39 is 0 Å². The van der Waals surface area contributed by atoms with Crippen molar-refractivity contribution in [1.82, 2.24) is 5.32 Å². The van der Waals surface area contributed by atoms with Crippen molar-refractivity contribution in [2.75, 3.05) is 6.54 Å². The first-order valence-electron chi connectivity index (χ1n) is 6.82. The summed E-state index contributed by atoms with van der Waals surface area (Å²) >= 11 is 0. The van der Waals surface area contributed by atoms with Crippen LogP contribution in [0.5, 0.6) is 0 Å². The Balaban J connectivity index is 2.35. The second-order valence-electron chi connectivity index (χ2n) is 4.64. The summed E-state index contributed by atoms with van der Waals surface area (Å²) in [6, 6.07) is 15.4. The van der Waals surface area contributed by atoms with Gasteiger partial charge in [-0.3, -0.25) is 0 Å². The topological polar surface area (TPSA) is 12.0 Å². The quantitative estimate of drug-likeness (QED) is 0.850. The normalized spacial score (nSPS) is 12.4. The van der Waals surface area contributed by atoms with Gasteiger partial charge in [0.1, 0.15) is 5.82 Å². The molecule has 0 bridgehead atoms. The van der Waals surface area contributed by atoms with Crippen LogP contribution >= 0.6 is 0 Å². The Morgan fingerprint density at radius 3 is 2.37 bits per heavy atom. The Hall–Kier alpha value is -1.67. The van der Waals surface area contributed by atoms with Crippen LogP contribution in [0.2, 0.25) is 0 Å². The molecule has 0 fully saturated rings. The third kappa shape index (κ3) is 3.42. The highest BCUT2D eigenvalue weighted by atomic mass is 19.1. The number of rotatable bonds is 5. The zero-order chi connectivity index (χ0) is 13.7. The molecule has 0 saturated carbocycles. The van der Waals surface area contributed by atoms with Gasteiger partial charge in [-0.05, 0) is 41.8 Å². The standard InChI is InChI=1S/C17H20FN/c1-3-13-6-5-7-15(12-13)17(19-4-2)14-8-10-16(18)11-9-14/h5-12,17,19H,3-4H2,1-2H3. The average molecular weight is 257 g/mol. The number of hydrogen-bond acceptors (Lipinski definition) is 1. The number of halogens is 1. The molecule has 0 aliphatic heterocycles. The van der Waals surface area contributed by atoms with E-state index in [-0.39, 0.29) is 11.9 Å². The van der Waals surface area contributed by atoms with Crippen LogP contribution in [-0.2, 0) is 6.42 Å². The maximum atomic E-state index is 13.0. The third-order valence-corrected chi connectivity index (χ3v) is 3.30. The van der Waals surface area contributed by atoms with Crippen molar-refractivity contribution in [2.45, 2.75) is 26.3 Å². The van der Waals surface area contributed by atoms with Gasteiger partial charge in [-0.1, -0.05) is 50.2 Å². The highest BCUT2D eigenvalue weighted by molar-refractivity contribution is 5.34. The molecule has 0 amide bonds. The zero-order valence-corrected chi connectivity index (χ0v) is 11.5. The van der Waals surface area contributed by atoms with Gasteiger partial charge >= 0.3 is 0 Å². The van der Waals surface area contributed by atoms with Crippen LogP contribution in [0.4, 0.5) is 4.39 Å². The van der Waals surface area contributed by atoms with E-state index in [0.29, 0.717) is 0 Å². The van der Waals surface area contributed by atoms with Gasteiger partial charge in [-0.2, -0.15) is 0 Å². The van der Waals surface area contributed by atoms with Gasteiger partial charge < -0.3 is 5.32 Å². The molecule has 0 aromatic heterocycles. The average Bonchev–Trinajstić information content (AvgIpc) is 2.46. The molecule has 1 atom stereocenters. The molecule has 1 unspecified atom stereocenters. The molecule has 2 heteroatoms. The predicted molar refractivity (Wildman–Crippen MR) is 77.7 cm³/mol. The first-order valence-corrected chi connectivity index (χ1v) is 6.82. The highest BCUT2D eigenvalue weighted by Gasteiger charge is 2.13. The molecular formula is C17H20FN. The minimum atomic E-state index is -0.193. The Bertz CT molecular complexity index is 519. The van der Waals surface area contributed by atoms with Crippen molar-refractivity contribution >= 4 is 0 Å². The fourth-order valence-electron chi connectivity index (χ4n) is 2.28. The van der Waals surface area contributed by atoms with Crippen molar-refractivity contribution in [1.29, 1.82) is 0 Å². The van der Waals surface area contributed by atoms with Crippen LogP contribution < -0.4 is 5.32 Å². The minimum absolute atomic E-state index is 0.122. The van der Waals surface area contributed by atoms with Crippen LogP contribution in [0, 0.1) is 5.82 Å². The van der Waals surface area contributed by atoms with E-state index in [1.165, 1.54) is 23.3 Å². The van der Waals surface area contributed by atoms with Gasteiger partial charge in [-0.15, -0.1) is 0 Å². The number of nitrogens with one attached hydrogen (secondary N) is 1. The smallest absolute Gasteiger partial charge is 0.123 e. The maximum Gasteiger partial charge on any atom is 0.123 e. The molecule has 1 N–H and O–H groups in total. The molecular weight excluding hydrogens is 237 g/mol. The fourth-order valence-corrected chi connectivity index (χ4v) is 2.28. The van der Waals surface area contributed by atoms with Crippen molar-refractivity contribution in [3.05, 3.63) is 71.0 Å². The van der Waals surface area contributed by atoms with E-state index in [9.17, 15) is 4.39 Å². The Morgan fingerprint density at radius 2 is 1.74 bits per heavy atom. The molecule has 0 radical (unpaired) electrons. The summed E-state index contributed by atoms with van der Waals surface area (Å²) in [6.07, 6.45) is 1.02. The van der Waals surface area contributed by atoms with E-state index in [1.807, 2.05) is 12.1 Å². The Morgan fingerprint density at radius 1 is 1.00 bits per heavy atom. The van der Waals surface area contributed by atoms with E-state index >= 15 is 0 Å². The molecule has 2 rings (SSSR count). The summed E-state index contributed by atoms with van der Waals surface area (Å²) in [7, 11) is 0. The number of benzene rings is 2. The second-order valence-corrected chi connectivity index (χ2v) is 4.64. The van der Waals surface area contributed by atoms with Crippen LogP contribution in [0.15, 0.2) is 48.5 Å². The summed E-state index contributed by atoms with van der Waals surface area (Å²) in [4.78, 5) is 0. The van der Waals surface area contributed by atoms with Crippen LogP contribution in [-0.4, -0.2) is 6.54 Å². The molecule has 0 aliphatic rings. The largest absolute Gasteiger partial charge is 0.307 e. The molecule has 1 nitrogen and oxygen atoms in total. The van der Waals surface area contributed by atoms with Crippen LogP contribution in [0.25, 0.3) is 0 Å². The second kappa shape index (κ2) is 6.48. The van der Waals surface area contributed by atoms with Crippen molar-refractivity contribution < 1.29 is 4.39 Å². The van der Waals surface area contributed by atoms with Gasteiger partial charge in [0.2, 0.25) is 0 Å². The first-order chi connectivity index (χ1) is 9.24. The van der Waals surface area contributed by atoms with Gasteiger partial charge in [-0.25, -0.2) is 4.39 Å². The van der Waals surface area contributed by atoms with Gasteiger partial charge in [0, 0.05) is 0 Å². The van der Waals surface area contributed by atoms with Crippen molar-refractivity contribution in [3.63, 3.8) is 0 Å². The lowest BCUT2D eigenvalue weighted by Crippen LogP contribution is -2.22. The molecule has 0 spiro atoms. The highest BCUT2D eigenvalue weighted by Crippen LogP contribution is 2.23. The third-order valence-electron chi connectivity index (χ3n) is 3.30. The van der Waals surface area contributed by atoms with Gasteiger partial charge in [0.25, 0.3) is 0 Å². The van der Waals surface area contributed by atoms with Crippen LogP contribution in [0.3, 0.4) is 0 Å². The van der Waals surface area contributed by atoms with Gasteiger partial charge in [0.15, 0.2) is 0 Å². The first kappa shape index (κ1) is 13.8. The molecule has 0 saturated heterocycles. The molecule has 2 aromatic carbocycles. The monoisotopic (exact) mass is 257 g/mol. The maximum absolute atomic E-state index is 13.0. The van der Waals surface area contributed by atoms with E-state index in [2.05, 4.69) is 43.4 Å². The molecule has 100 valence electrons. The van der Waals surface area contributed by atoms with E-state index in [0.717, 1.165) is 18.5 Å². The minimum Gasteiger partial charge on any atom is -0.307 e.